The first-order valence-corrected chi connectivity index (χ1v) is 7.45. The van der Waals surface area contributed by atoms with Crippen LogP contribution in [0.4, 0.5) is 0 Å². The van der Waals surface area contributed by atoms with E-state index >= 15 is 0 Å². The summed E-state index contributed by atoms with van der Waals surface area (Å²) in [6, 6.07) is 0. The Balaban J connectivity index is 1.58. The van der Waals surface area contributed by atoms with E-state index in [1.807, 2.05) is 11.9 Å². The SMILES string of the molecule is CN1CC[C@@H](O)[C@H](C(=O)NCc2nc(-c3cnccn3)n[nH]2)C1. The molecule has 3 heterocycles. The minimum absolute atomic E-state index is 0.179. The molecule has 1 fully saturated rings. The lowest BCUT2D eigenvalue weighted by molar-refractivity contribution is -0.131. The number of piperidine rings is 1. The Kier molecular flexibility index (Phi) is 4.58. The van der Waals surface area contributed by atoms with Crippen LogP contribution in [0, 0.1) is 5.92 Å². The van der Waals surface area contributed by atoms with Crippen LogP contribution in [0.1, 0.15) is 12.2 Å². The van der Waals surface area contributed by atoms with E-state index in [0.29, 0.717) is 30.3 Å². The molecule has 2 aromatic rings. The third-order valence-electron chi connectivity index (χ3n) is 3.87. The van der Waals surface area contributed by atoms with Gasteiger partial charge in [0.15, 0.2) is 0 Å². The van der Waals surface area contributed by atoms with Gasteiger partial charge in [-0.05, 0) is 13.5 Å². The maximum absolute atomic E-state index is 12.2. The van der Waals surface area contributed by atoms with E-state index in [1.54, 1.807) is 18.6 Å². The second-order valence-electron chi connectivity index (χ2n) is 5.64. The fraction of sp³-hybridized carbons (Fsp3) is 0.500. The van der Waals surface area contributed by atoms with Crippen LogP contribution in [0.5, 0.6) is 0 Å². The Morgan fingerprint density at radius 2 is 2.39 bits per heavy atom. The number of amides is 1. The summed E-state index contributed by atoms with van der Waals surface area (Å²) in [4.78, 5) is 26.6. The minimum atomic E-state index is -0.601. The summed E-state index contributed by atoms with van der Waals surface area (Å²) in [5.41, 5.74) is 0.561. The number of carbonyl (C=O) groups is 1. The molecule has 1 aliphatic heterocycles. The summed E-state index contributed by atoms with van der Waals surface area (Å²) in [6.07, 6.45) is 4.71. The van der Waals surface area contributed by atoms with Crippen molar-refractivity contribution < 1.29 is 9.90 Å². The van der Waals surface area contributed by atoms with Crippen molar-refractivity contribution in [1.29, 1.82) is 0 Å². The Morgan fingerprint density at radius 3 is 3.17 bits per heavy atom. The molecular weight excluding hydrogens is 298 g/mol. The average molecular weight is 317 g/mol. The molecule has 122 valence electrons. The first kappa shape index (κ1) is 15.5. The molecule has 3 N–H and O–H groups in total. The largest absolute Gasteiger partial charge is 0.392 e. The summed E-state index contributed by atoms with van der Waals surface area (Å²) in [5.74, 6) is 0.357. The van der Waals surface area contributed by atoms with E-state index in [1.165, 1.54) is 0 Å². The Bertz CT molecular complexity index is 660. The first-order chi connectivity index (χ1) is 11.1. The van der Waals surface area contributed by atoms with Gasteiger partial charge in [0.05, 0.1) is 24.8 Å². The fourth-order valence-electron chi connectivity index (χ4n) is 2.57. The molecule has 0 aromatic carbocycles. The number of rotatable bonds is 4. The third-order valence-corrected chi connectivity index (χ3v) is 3.87. The second kappa shape index (κ2) is 6.80. The fourth-order valence-corrected chi connectivity index (χ4v) is 2.57. The normalized spacial score (nSPS) is 22.0. The molecule has 0 saturated carbocycles. The molecule has 9 nitrogen and oxygen atoms in total. The van der Waals surface area contributed by atoms with Gasteiger partial charge in [0.1, 0.15) is 11.5 Å². The van der Waals surface area contributed by atoms with Crippen LogP contribution in [0.2, 0.25) is 0 Å². The summed E-state index contributed by atoms with van der Waals surface area (Å²) in [7, 11) is 1.94. The van der Waals surface area contributed by atoms with E-state index in [4.69, 9.17) is 0 Å². The lowest BCUT2D eigenvalue weighted by atomic mass is 9.94. The molecular formula is C14H19N7O2. The number of hydrogen-bond acceptors (Lipinski definition) is 7. The Morgan fingerprint density at radius 1 is 1.52 bits per heavy atom. The summed E-state index contributed by atoms with van der Waals surface area (Å²) in [5, 5.41) is 19.6. The van der Waals surface area contributed by atoms with Gasteiger partial charge in [-0.1, -0.05) is 0 Å². The predicted octanol–water partition coefficient (Wildman–Crippen LogP) is -0.809. The van der Waals surface area contributed by atoms with Crippen molar-refractivity contribution in [2.75, 3.05) is 20.1 Å². The van der Waals surface area contributed by atoms with Gasteiger partial charge < -0.3 is 15.3 Å². The number of H-pyrrole nitrogens is 1. The van der Waals surface area contributed by atoms with Crippen molar-refractivity contribution in [3.8, 4) is 11.5 Å². The highest BCUT2D eigenvalue weighted by Crippen LogP contribution is 2.16. The van der Waals surface area contributed by atoms with Crippen molar-refractivity contribution in [2.24, 2.45) is 5.92 Å². The van der Waals surface area contributed by atoms with E-state index in [9.17, 15) is 9.90 Å². The van der Waals surface area contributed by atoms with Gasteiger partial charge in [0, 0.05) is 25.5 Å². The third kappa shape index (κ3) is 3.69. The number of likely N-dealkylation sites (tertiary alicyclic amines) is 1. The van der Waals surface area contributed by atoms with Crippen molar-refractivity contribution in [1.82, 2.24) is 35.4 Å². The van der Waals surface area contributed by atoms with Crippen LogP contribution in [-0.2, 0) is 11.3 Å². The van der Waals surface area contributed by atoms with Crippen LogP contribution in [-0.4, -0.2) is 67.3 Å². The molecule has 23 heavy (non-hydrogen) atoms. The molecule has 0 radical (unpaired) electrons. The van der Waals surface area contributed by atoms with Crippen LogP contribution in [0.25, 0.3) is 11.5 Å². The smallest absolute Gasteiger partial charge is 0.227 e. The van der Waals surface area contributed by atoms with Gasteiger partial charge >= 0.3 is 0 Å². The van der Waals surface area contributed by atoms with E-state index in [0.717, 1.165) is 6.54 Å². The molecule has 1 saturated heterocycles. The molecule has 0 unspecified atom stereocenters. The summed E-state index contributed by atoms with van der Waals surface area (Å²) >= 11 is 0. The van der Waals surface area contributed by atoms with Crippen LogP contribution < -0.4 is 5.32 Å². The van der Waals surface area contributed by atoms with Gasteiger partial charge in [0.2, 0.25) is 11.7 Å². The molecule has 9 heteroatoms. The van der Waals surface area contributed by atoms with E-state index in [-0.39, 0.29) is 12.5 Å². The highest BCUT2D eigenvalue weighted by atomic mass is 16.3. The second-order valence-corrected chi connectivity index (χ2v) is 5.64. The van der Waals surface area contributed by atoms with Crippen LogP contribution >= 0.6 is 0 Å². The Labute approximate surface area is 133 Å². The monoisotopic (exact) mass is 317 g/mol. The molecule has 0 aliphatic carbocycles. The molecule has 1 amide bonds. The van der Waals surface area contributed by atoms with Crippen molar-refractivity contribution >= 4 is 5.91 Å². The highest BCUT2D eigenvalue weighted by Gasteiger charge is 2.31. The maximum Gasteiger partial charge on any atom is 0.227 e. The lowest BCUT2D eigenvalue weighted by Crippen LogP contribution is -2.48. The molecule has 2 atom stereocenters. The summed E-state index contributed by atoms with van der Waals surface area (Å²) < 4.78 is 0. The molecule has 3 rings (SSSR count). The zero-order valence-electron chi connectivity index (χ0n) is 12.8. The lowest BCUT2D eigenvalue weighted by Gasteiger charge is -2.32. The van der Waals surface area contributed by atoms with E-state index < -0.39 is 12.0 Å². The topological polar surface area (TPSA) is 120 Å². The number of carbonyl (C=O) groups excluding carboxylic acids is 1. The van der Waals surface area contributed by atoms with Crippen molar-refractivity contribution in [3.63, 3.8) is 0 Å². The van der Waals surface area contributed by atoms with Gasteiger partial charge in [-0.2, -0.15) is 5.10 Å². The number of aliphatic hydroxyl groups excluding tert-OH is 1. The van der Waals surface area contributed by atoms with Gasteiger partial charge in [-0.15, -0.1) is 0 Å². The molecule has 0 spiro atoms. The zero-order valence-corrected chi connectivity index (χ0v) is 12.8. The first-order valence-electron chi connectivity index (χ1n) is 7.45. The van der Waals surface area contributed by atoms with Crippen molar-refractivity contribution in [2.45, 2.75) is 19.1 Å². The average Bonchev–Trinajstić information content (AvgIpc) is 3.05. The molecule has 0 bridgehead atoms. The van der Waals surface area contributed by atoms with E-state index in [2.05, 4.69) is 30.5 Å². The number of hydrogen-bond donors (Lipinski definition) is 3. The van der Waals surface area contributed by atoms with Crippen LogP contribution in [0.3, 0.4) is 0 Å². The minimum Gasteiger partial charge on any atom is -0.392 e. The zero-order chi connectivity index (χ0) is 16.2. The van der Waals surface area contributed by atoms with Crippen molar-refractivity contribution in [3.05, 3.63) is 24.4 Å². The highest BCUT2D eigenvalue weighted by molar-refractivity contribution is 5.79. The molecule has 2 aromatic heterocycles. The predicted molar refractivity (Wildman–Crippen MR) is 80.9 cm³/mol. The van der Waals surface area contributed by atoms with Gasteiger partial charge in [-0.3, -0.25) is 14.9 Å². The quantitative estimate of drug-likeness (QED) is 0.674. The van der Waals surface area contributed by atoms with Gasteiger partial charge in [-0.25, -0.2) is 9.97 Å². The van der Waals surface area contributed by atoms with Crippen LogP contribution in [0.15, 0.2) is 18.6 Å². The number of aromatic nitrogens is 5. The number of nitrogens with one attached hydrogen (secondary N) is 2. The number of aromatic amines is 1. The number of aliphatic hydroxyl groups is 1. The Hall–Kier alpha value is -2.39. The maximum atomic E-state index is 12.2. The number of nitrogens with zero attached hydrogens (tertiary/aromatic N) is 5. The van der Waals surface area contributed by atoms with Gasteiger partial charge in [0.25, 0.3) is 0 Å². The standard InChI is InChI=1S/C14H19N7O2/c1-21-5-2-11(22)9(8-21)14(23)17-7-12-18-13(20-19-12)10-6-15-3-4-16-10/h3-4,6,9,11,22H,2,5,7-8H2,1H3,(H,17,23)(H,18,19,20)/t9-,11-/m1/s1. The summed E-state index contributed by atoms with van der Waals surface area (Å²) in [6.45, 7) is 1.57. The molecule has 1 aliphatic rings.